The molecule has 228 valence electrons. The lowest BCUT2D eigenvalue weighted by molar-refractivity contribution is -0.605. The number of aromatic nitrogens is 3. The summed E-state index contributed by atoms with van der Waals surface area (Å²) in [5, 5.41) is 17.1. The Morgan fingerprint density at radius 1 is 0.956 bits per heavy atom. The first-order valence-electron chi connectivity index (χ1n) is 13.6. The number of urea groups is 1. The van der Waals surface area contributed by atoms with Crippen molar-refractivity contribution < 1.29 is 32.2 Å². The molecule has 1 aliphatic rings. The van der Waals surface area contributed by atoms with Crippen LogP contribution < -0.4 is 25.0 Å². The van der Waals surface area contributed by atoms with Crippen LogP contribution in [-0.4, -0.2) is 28.5 Å². The zero-order valence-corrected chi connectivity index (χ0v) is 24.1. The van der Waals surface area contributed by atoms with Crippen LogP contribution in [0.3, 0.4) is 0 Å². The third-order valence-electron chi connectivity index (χ3n) is 6.86. The number of anilines is 3. The van der Waals surface area contributed by atoms with Crippen molar-refractivity contribution in [2.45, 2.75) is 19.0 Å². The Balaban J connectivity index is 1.09. The van der Waals surface area contributed by atoms with Gasteiger partial charge in [-0.3, -0.25) is 9.69 Å². The summed E-state index contributed by atoms with van der Waals surface area (Å²) in [4.78, 5) is 36.0. The number of thiazole rings is 1. The van der Waals surface area contributed by atoms with Crippen molar-refractivity contribution in [2.24, 2.45) is 0 Å². The molecule has 1 fully saturated rings. The molecule has 2 N–H and O–H groups in total. The molecule has 6 rings (SSSR count). The van der Waals surface area contributed by atoms with Gasteiger partial charge in [0.25, 0.3) is 0 Å². The number of pyridine rings is 2. The third-order valence-corrected chi connectivity index (χ3v) is 7.93. The van der Waals surface area contributed by atoms with Gasteiger partial charge in [-0.05, 0) is 60.0 Å². The van der Waals surface area contributed by atoms with E-state index in [2.05, 4.69) is 20.6 Å². The van der Waals surface area contributed by atoms with E-state index in [9.17, 15) is 28.0 Å². The Hall–Kier alpha value is -5.50. The molecule has 0 spiro atoms. The van der Waals surface area contributed by atoms with Gasteiger partial charge in [0.1, 0.15) is 5.75 Å². The minimum absolute atomic E-state index is 0.0851. The molecule has 14 heteroatoms. The lowest BCUT2D eigenvalue weighted by Crippen LogP contribution is -2.23. The molecule has 0 saturated carbocycles. The maximum absolute atomic E-state index is 13.4. The molecule has 0 bridgehead atoms. The van der Waals surface area contributed by atoms with E-state index in [4.69, 9.17) is 4.74 Å². The van der Waals surface area contributed by atoms with Crippen molar-refractivity contribution in [3.8, 4) is 33.2 Å². The number of amides is 3. The molecule has 1 saturated heterocycles. The Bertz CT molecular complexity index is 1850. The molecule has 0 radical (unpaired) electrons. The monoisotopic (exact) mass is 632 g/mol. The molecule has 0 aliphatic carbocycles. The molecule has 10 nitrogen and oxygen atoms in total. The van der Waals surface area contributed by atoms with Crippen molar-refractivity contribution in [1.29, 1.82) is 0 Å². The fourth-order valence-electron chi connectivity index (χ4n) is 4.65. The molecule has 5 aromatic rings. The molecule has 0 unspecified atom stereocenters. The summed E-state index contributed by atoms with van der Waals surface area (Å²) < 4.78 is 46.5. The largest absolute Gasteiger partial charge is 0.619 e. The van der Waals surface area contributed by atoms with E-state index in [-0.39, 0.29) is 23.2 Å². The van der Waals surface area contributed by atoms with Crippen molar-refractivity contribution in [1.82, 2.24) is 9.97 Å². The van der Waals surface area contributed by atoms with Crippen LogP contribution >= 0.6 is 11.3 Å². The van der Waals surface area contributed by atoms with Gasteiger partial charge in [-0.1, -0.05) is 17.4 Å². The summed E-state index contributed by atoms with van der Waals surface area (Å²) in [5.74, 6) is 0.854. The van der Waals surface area contributed by atoms with E-state index in [1.54, 1.807) is 23.2 Å². The van der Waals surface area contributed by atoms with Crippen LogP contribution in [0.5, 0.6) is 11.6 Å². The number of carbonyl (C=O) groups excluding carboxylic acids is 2. The molecular weight excluding hydrogens is 609 g/mol. The first-order valence-corrected chi connectivity index (χ1v) is 14.4. The third kappa shape index (κ3) is 6.86. The van der Waals surface area contributed by atoms with Gasteiger partial charge in [-0.25, -0.2) is 14.8 Å². The molecule has 3 aromatic heterocycles. The number of halogens is 3. The fourth-order valence-corrected chi connectivity index (χ4v) is 5.61. The topological polar surface area (TPSA) is 123 Å². The van der Waals surface area contributed by atoms with Crippen LogP contribution in [0.1, 0.15) is 18.4 Å². The normalized spacial score (nSPS) is 13.1. The number of hydrogen-bond acceptors (Lipinski definition) is 7. The van der Waals surface area contributed by atoms with Gasteiger partial charge in [-0.15, -0.1) is 0 Å². The lowest BCUT2D eigenvalue weighted by atomic mass is 10.0. The van der Waals surface area contributed by atoms with Crippen LogP contribution in [0.15, 0.2) is 91.5 Å². The number of benzene rings is 2. The molecule has 1 aliphatic heterocycles. The summed E-state index contributed by atoms with van der Waals surface area (Å²) in [7, 11) is 0. The van der Waals surface area contributed by atoms with Crippen LogP contribution in [0, 0.1) is 5.21 Å². The number of alkyl halides is 3. The van der Waals surface area contributed by atoms with Gasteiger partial charge in [0, 0.05) is 42.9 Å². The minimum atomic E-state index is -4.63. The standard InChI is InChI=1S/C31H23F3N6O4S/c32-31(33,34)21-5-9-24(19-11-14-39(43)15-12-19)25(16-21)38-29(42)37-22-6-10-27(35-17-22)44-23-7-3-20(4-8-23)26-18-36-30(45-26)40-13-1-2-28(40)41/h3-12,14-18H,1-2,13H2,(H2,37,38,42). The number of ether oxygens (including phenoxy) is 1. The number of carbonyl (C=O) groups is 2. The summed E-state index contributed by atoms with van der Waals surface area (Å²) in [6.45, 7) is 0.680. The molecular formula is C31H23F3N6O4S. The zero-order chi connectivity index (χ0) is 31.6. The maximum Gasteiger partial charge on any atom is 0.416 e. The highest BCUT2D eigenvalue weighted by Crippen LogP contribution is 2.36. The van der Waals surface area contributed by atoms with E-state index in [0.29, 0.717) is 39.7 Å². The van der Waals surface area contributed by atoms with E-state index in [1.807, 2.05) is 12.1 Å². The first kappa shape index (κ1) is 29.6. The average molecular weight is 633 g/mol. The lowest BCUT2D eigenvalue weighted by Gasteiger charge is -2.15. The summed E-state index contributed by atoms with van der Waals surface area (Å²) in [6.07, 6.45) is 2.24. The van der Waals surface area contributed by atoms with Gasteiger partial charge in [0.15, 0.2) is 17.5 Å². The van der Waals surface area contributed by atoms with E-state index in [1.165, 1.54) is 60.3 Å². The zero-order valence-electron chi connectivity index (χ0n) is 23.2. The van der Waals surface area contributed by atoms with Gasteiger partial charge in [0.2, 0.25) is 11.8 Å². The van der Waals surface area contributed by atoms with Gasteiger partial charge in [-0.2, -0.15) is 17.9 Å². The highest BCUT2D eigenvalue weighted by molar-refractivity contribution is 7.19. The second-order valence-electron chi connectivity index (χ2n) is 9.95. The van der Waals surface area contributed by atoms with Crippen molar-refractivity contribution in [3.05, 3.63) is 102 Å². The molecule has 45 heavy (non-hydrogen) atoms. The Morgan fingerprint density at radius 3 is 2.40 bits per heavy atom. The van der Waals surface area contributed by atoms with Crippen LogP contribution in [0.4, 0.5) is 34.5 Å². The van der Waals surface area contributed by atoms with Gasteiger partial charge < -0.3 is 20.6 Å². The summed E-state index contributed by atoms with van der Waals surface area (Å²) in [5.41, 5.74) is 0.890. The Morgan fingerprint density at radius 2 is 1.73 bits per heavy atom. The summed E-state index contributed by atoms with van der Waals surface area (Å²) >= 11 is 1.44. The highest BCUT2D eigenvalue weighted by Gasteiger charge is 2.31. The SMILES string of the molecule is O=C(Nc1ccc(Oc2ccc(-c3cnc(N4CCCC4=O)s3)cc2)nc1)Nc1cc(C(F)(F)F)ccc1-c1cc[n+]([O-])cc1. The minimum Gasteiger partial charge on any atom is -0.619 e. The van der Waals surface area contributed by atoms with Gasteiger partial charge >= 0.3 is 12.2 Å². The van der Waals surface area contributed by atoms with Crippen molar-refractivity contribution >= 4 is 39.8 Å². The quantitative estimate of drug-likeness (QED) is 0.146. The molecule has 3 amide bonds. The smallest absolute Gasteiger partial charge is 0.416 e. The predicted octanol–water partition coefficient (Wildman–Crippen LogP) is 7.09. The summed E-state index contributed by atoms with van der Waals surface area (Å²) in [6, 6.07) is 15.4. The number of rotatable bonds is 7. The average Bonchev–Trinajstić information content (AvgIpc) is 3.68. The van der Waals surface area contributed by atoms with Crippen molar-refractivity contribution in [3.63, 3.8) is 0 Å². The van der Waals surface area contributed by atoms with E-state index in [0.717, 1.165) is 29.0 Å². The second-order valence-corrected chi connectivity index (χ2v) is 11.0. The predicted molar refractivity (Wildman–Crippen MR) is 162 cm³/mol. The number of hydrogen-bond donors (Lipinski definition) is 2. The van der Waals surface area contributed by atoms with Crippen LogP contribution in [0.25, 0.3) is 21.6 Å². The molecule has 0 atom stereocenters. The fraction of sp³-hybridized carbons (Fsp3) is 0.129. The van der Waals surface area contributed by atoms with E-state index < -0.39 is 17.8 Å². The first-order chi connectivity index (χ1) is 21.6. The van der Waals surface area contributed by atoms with Gasteiger partial charge in [0.05, 0.1) is 28.0 Å². The second kappa shape index (κ2) is 12.2. The van der Waals surface area contributed by atoms with Crippen molar-refractivity contribution in [2.75, 3.05) is 22.1 Å². The molecule has 4 heterocycles. The Kier molecular flexibility index (Phi) is 8.04. The van der Waals surface area contributed by atoms with Crippen LogP contribution in [-0.2, 0) is 11.0 Å². The maximum atomic E-state index is 13.4. The van der Waals surface area contributed by atoms with Crippen LogP contribution in [0.2, 0.25) is 0 Å². The Labute approximate surface area is 258 Å². The molecule has 2 aromatic carbocycles. The van der Waals surface area contributed by atoms with E-state index >= 15 is 0 Å². The number of nitrogens with one attached hydrogen (secondary N) is 2. The number of nitrogens with zero attached hydrogens (tertiary/aromatic N) is 4. The highest BCUT2D eigenvalue weighted by atomic mass is 32.1.